The van der Waals surface area contributed by atoms with Crippen LogP contribution in [0, 0.1) is 0 Å². The number of benzene rings is 6. The number of aromatic nitrogens is 3. The molecule has 7 aromatic rings. The van der Waals surface area contributed by atoms with Gasteiger partial charge >= 0.3 is 0 Å². The molecule has 2 aliphatic rings. The first-order chi connectivity index (χ1) is 23.1. The van der Waals surface area contributed by atoms with Gasteiger partial charge in [-0.05, 0) is 68.5 Å². The Morgan fingerprint density at radius 3 is 1.55 bits per heavy atom. The standard InChI is InChI=1S/C44H33N3/c1-44(2)36-19-11-18-35(39(36)40-37(44)27-26-30-23-20-28-12-9-10-17-34(28)38(30)40)29-21-24-33(25-22-29)43-46-41(31-13-5-3-6-14-31)45-42(47-43)32-15-7-4-8-16-32/h3-19,21-22,24-27H,20,23H2,1-2H3. The van der Waals surface area contributed by atoms with E-state index in [0.29, 0.717) is 17.5 Å². The van der Waals surface area contributed by atoms with Crippen LogP contribution in [0.3, 0.4) is 0 Å². The molecule has 6 aromatic carbocycles. The number of nitrogens with zero attached hydrogens (tertiary/aromatic N) is 3. The lowest BCUT2D eigenvalue weighted by Crippen LogP contribution is -2.15. The van der Waals surface area contributed by atoms with Gasteiger partial charge in [0.1, 0.15) is 0 Å². The lowest BCUT2D eigenvalue weighted by molar-refractivity contribution is 0.660. The Kier molecular flexibility index (Phi) is 6.29. The second-order valence-corrected chi connectivity index (χ2v) is 13.1. The number of fused-ring (bicyclic) bond motifs is 7. The lowest BCUT2D eigenvalue weighted by Gasteiger charge is -2.25. The van der Waals surface area contributed by atoms with E-state index in [0.717, 1.165) is 29.5 Å². The highest BCUT2D eigenvalue weighted by Crippen LogP contribution is 2.56. The summed E-state index contributed by atoms with van der Waals surface area (Å²) in [6.07, 6.45) is 2.17. The van der Waals surface area contributed by atoms with Gasteiger partial charge < -0.3 is 0 Å². The first kappa shape index (κ1) is 27.6. The van der Waals surface area contributed by atoms with E-state index in [-0.39, 0.29) is 5.41 Å². The number of hydrogen-bond acceptors (Lipinski definition) is 3. The van der Waals surface area contributed by atoms with Crippen molar-refractivity contribution < 1.29 is 0 Å². The molecule has 1 aromatic heterocycles. The van der Waals surface area contributed by atoms with E-state index < -0.39 is 0 Å². The van der Waals surface area contributed by atoms with Crippen molar-refractivity contribution in [3.05, 3.63) is 162 Å². The van der Waals surface area contributed by atoms with Crippen molar-refractivity contribution in [3.8, 4) is 67.5 Å². The van der Waals surface area contributed by atoms with Gasteiger partial charge in [-0.15, -0.1) is 0 Å². The summed E-state index contributed by atoms with van der Waals surface area (Å²) in [6, 6.07) is 49.6. The maximum absolute atomic E-state index is 4.96. The van der Waals surface area contributed by atoms with Crippen LogP contribution in [0.25, 0.3) is 67.5 Å². The average molecular weight is 604 g/mol. The van der Waals surface area contributed by atoms with Crippen LogP contribution in [-0.2, 0) is 18.3 Å². The Balaban J connectivity index is 1.19. The Morgan fingerprint density at radius 1 is 0.383 bits per heavy atom. The van der Waals surface area contributed by atoms with Crippen molar-refractivity contribution in [3.63, 3.8) is 0 Å². The molecule has 3 nitrogen and oxygen atoms in total. The molecular formula is C44H33N3. The van der Waals surface area contributed by atoms with E-state index in [1.54, 1.807) is 0 Å². The van der Waals surface area contributed by atoms with Gasteiger partial charge in [0, 0.05) is 22.1 Å². The highest BCUT2D eigenvalue weighted by atomic mass is 15.0. The molecule has 0 saturated carbocycles. The lowest BCUT2D eigenvalue weighted by atomic mass is 9.78. The minimum atomic E-state index is -0.0887. The van der Waals surface area contributed by atoms with E-state index in [2.05, 4.69) is 92.7 Å². The summed E-state index contributed by atoms with van der Waals surface area (Å²) in [6.45, 7) is 4.75. The largest absolute Gasteiger partial charge is 0.208 e. The summed E-state index contributed by atoms with van der Waals surface area (Å²) in [5, 5.41) is 0. The zero-order valence-corrected chi connectivity index (χ0v) is 26.5. The first-order valence-electron chi connectivity index (χ1n) is 16.4. The molecule has 0 radical (unpaired) electrons. The molecule has 0 atom stereocenters. The average Bonchev–Trinajstić information content (AvgIpc) is 3.38. The molecule has 2 aliphatic carbocycles. The Morgan fingerprint density at radius 2 is 0.894 bits per heavy atom. The second kappa shape index (κ2) is 10.7. The Bertz CT molecular complexity index is 2250. The number of rotatable bonds is 4. The molecular weight excluding hydrogens is 571 g/mol. The van der Waals surface area contributed by atoms with Gasteiger partial charge in [0.05, 0.1) is 0 Å². The Hall–Kier alpha value is -5.67. The summed E-state index contributed by atoms with van der Waals surface area (Å²) < 4.78 is 0. The minimum Gasteiger partial charge on any atom is -0.208 e. The van der Waals surface area contributed by atoms with Crippen molar-refractivity contribution >= 4 is 0 Å². The maximum Gasteiger partial charge on any atom is 0.164 e. The summed E-state index contributed by atoms with van der Waals surface area (Å²) in [5.41, 5.74) is 16.6. The third kappa shape index (κ3) is 4.45. The van der Waals surface area contributed by atoms with Gasteiger partial charge in [0.2, 0.25) is 0 Å². The van der Waals surface area contributed by atoms with Crippen molar-refractivity contribution in [2.24, 2.45) is 0 Å². The van der Waals surface area contributed by atoms with Gasteiger partial charge in [-0.2, -0.15) is 0 Å². The molecule has 0 bridgehead atoms. The maximum atomic E-state index is 4.96. The molecule has 0 unspecified atom stereocenters. The molecule has 0 saturated heterocycles. The van der Waals surface area contributed by atoms with Crippen molar-refractivity contribution in [1.82, 2.24) is 15.0 Å². The fourth-order valence-electron chi connectivity index (χ4n) is 7.66. The Labute approximate surface area is 275 Å². The predicted octanol–water partition coefficient (Wildman–Crippen LogP) is 10.6. The van der Waals surface area contributed by atoms with Crippen LogP contribution in [-0.4, -0.2) is 15.0 Å². The van der Waals surface area contributed by atoms with E-state index in [9.17, 15) is 0 Å². The topological polar surface area (TPSA) is 38.7 Å². The SMILES string of the molecule is CC1(C)c2cccc(-c3ccc(-c4nc(-c5ccccc5)nc(-c5ccccc5)n4)cc3)c2-c2c1ccc1c2-c2ccccc2CC1. The van der Waals surface area contributed by atoms with E-state index in [1.807, 2.05) is 60.7 Å². The molecule has 0 fully saturated rings. The monoisotopic (exact) mass is 603 g/mol. The van der Waals surface area contributed by atoms with Crippen LogP contribution in [0.1, 0.15) is 36.1 Å². The molecule has 3 heteroatoms. The van der Waals surface area contributed by atoms with Crippen LogP contribution in [0.5, 0.6) is 0 Å². The summed E-state index contributed by atoms with van der Waals surface area (Å²) in [5.74, 6) is 2.01. The molecule has 0 N–H and O–H groups in total. The zero-order valence-electron chi connectivity index (χ0n) is 26.5. The van der Waals surface area contributed by atoms with Crippen molar-refractivity contribution in [2.75, 3.05) is 0 Å². The smallest absolute Gasteiger partial charge is 0.164 e. The first-order valence-corrected chi connectivity index (χ1v) is 16.4. The third-order valence-electron chi connectivity index (χ3n) is 10.1. The van der Waals surface area contributed by atoms with E-state index >= 15 is 0 Å². The van der Waals surface area contributed by atoms with Gasteiger partial charge in [-0.25, -0.2) is 15.0 Å². The van der Waals surface area contributed by atoms with Crippen LogP contribution in [0.4, 0.5) is 0 Å². The normalized spacial score (nSPS) is 13.7. The van der Waals surface area contributed by atoms with E-state index in [4.69, 9.17) is 15.0 Å². The summed E-state index contributed by atoms with van der Waals surface area (Å²) >= 11 is 0. The van der Waals surface area contributed by atoms with Crippen LogP contribution >= 0.6 is 0 Å². The number of aryl methyl sites for hydroxylation is 2. The van der Waals surface area contributed by atoms with Gasteiger partial charge in [-0.3, -0.25) is 0 Å². The van der Waals surface area contributed by atoms with Crippen molar-refractivity contribution in [1.29, 1.82) is 0 Å². The van der Waals surface area contributed by atoms with E-state index in [1.165, 1.54) is 55.6 Å². The van der Waals surface area contributed by atoms with Crippen LogP contribution in [0.15, 0.2) is 140 Å². The highest BCUT2D eigenvalue weighted by Gasteiger charge is 2.39. The zero-order chi connectivity index (χ0) is 31.5. The molecule has 1 heterocycles. The molecule has 9 rings (SSSR count). The highest BCUT2D eigenvalue weighted by molar-refractivity contribution is 6.01. The second-order valence-electron chi connectivity index (χ2n) is 13.1. The minimum absolute atomic E-state index is 0.0887. The van der Waals surface area contributed by atoms with Gasteiger partial charge in [0.15, 0.2) is 17.5 Å². The molecule has 224 valence electrons. The quantitative estimate of drug-likeness (QED) is 0.201. The molecule has 0 amide bonds. The predicted molar refractivity (Wildman–Crippen MR) is 192 cm³/mol. The van der Waals surface area contributed by atoms with Crippen molar-refractivity contribution in [2.45, 2.75) is 32.1 Å². The fraction of sp³-hybridized carbons (Fsp3) is 0.114. The number of hydrogen-bond donors (Lipinski definition) is 0. The van der Waals surface area contributed by atoms with Gasteiger partial charge in [0.25, 0.3) is 0 Å². The summed E-state index contributed by atoms with van der Waals surface area (Å²) in [4.78, 5) is 14.8. The van der Waals surface area contributed by atoms with Gasteiger partial charge in [-0.1, -0.05) is 153 Å². The molecule has 0 spiro atoms. The third-order valence-corrected chi connectivity index (χ3v) is 10.1. The molecule has 47 heavy (non-hydrogen) atoms. The van der Waals surface area contributed by atoms with Crippen LogP contribution < -0.4 is 0 Å². The summed E-state index contributed by atoms with van der Waals surface area (Å²) in [7, 11) is 0. The van der Waals surface area contributed by atoms with Crippen LogP contribution in [0.2, 0.25) is 0 Å². The molecule has 0 aliphatic heterocycles. The fourth-order valence-corrected chi connectivity index (χ4v) is 7.66.